The maximum Gasteiger partial charge on any atom is 0.265 e. The van der Waals surface area contributed by atoms with Crippen LogP contribution in [0.4, 0.5) is 10.1 Å². The van der Waals surface area contributed by atoms with E-state index in [4.69, 9.17) is 18.0 Å². The highest BCUT2D eigenvalue weighted by Crippen LogP contribution is 2.18. The highest BCUT2D eigenvalue weighted by atomic mass is 32.2. The van der Waals surface area contributed by atoms with Crippen LogP contribution in [0.15, 0.2) is 35.5 Å². The van der Waals surface area contributed by atoms with Crippen molar-refractivity contribution in [3.63, 3.8) is 0 Å². The van der Waals surface area contributed by atoms with Gasteiger partial charge in [0, 0.05) is 24.5 Å². The van der Waals surface area contributed by atoms with E-state index >= 15 is 0 Å². The fraction of sp³-hybridized carbons (Fsp3) is 0.0909. The van der Waals surface area contributed by atoms with Gasteiger partial charge in [0.05, 0.1) is 6.20 Å². The van der Waals surface area contributed by atoms with Gasteiger partial charge in [-0.1, -0.05) is 12.2 Å². The minimum absolute atomic E-state index is 0.00111. The molecule has 0 spiro atoms. The third kappa shape index (κ3) is 2.94. The molecular formula is C11H11FN4O2S2. The van der Waals surface area contributed by atoms with Gasteiger partial charge in [-0.05, 0) is 18.2 Å². The van der Waals surface area contributed by atoms with Gasteiger partial charge in [0.2, 0.25) is 0 Å². The standard InChI is InChI=1S/C11H11FN4O2S2/c1-16-6-8(5-14-16)20(17,18)15-7-2-3-10(12)9(4-7)11(13)19/h2-6,15H,1H3,(H2,13,19). The summed E-state index contributed by atoms with van der Waals surface area (Å²) in [4.78, 5) is -0.147. The van der Waals surface area contributed by atoms with E-state index in [2.05, 4.69) is 9.82 Å². The summed E-state index contributed by atoms with van der Waals surface area (Å²) in [6, 6.07) is 3.62. The highest BCUT2D eigenvalue weighted by molar-refractivity contribution is 7.92. The zero-order valence-corrected chi connectivity index (χ0v) is 12.0. The molecule has 1 heterocycles. The summed E-state index contributed by atoms with van der Waals surface area (Å²) >= 11 is 4.69. The number of benzene rings is 1. The Morgan fingerprint density at radius 3 is 2.75 bits per heavy atom. The minimum atomic E-state index is -3.79. The van der Waals surface area contributed by atoms with E-state index in [9.17, 15) is 12.8 Å². The number of halogens is 1. The molecule has 3 N–H and O–H groups in total. The third-order valence-corrected chi connectivity index (χ3v) is 4.03. The Balaban J connectivity index is 2.35. The maximum absolute atomic E-state index is 13.4. The lowest BCUT2D eigenvalue weighted by Crippen LogP contribution is -2.15. The normalized spacial score (nSPS) is 11.3. The van der Waals surface area contributed by atoms with Gasteiger partial charge >= 0.3 is 0 Å². The Morgan fingerprint density at radius 2 is 2.20 bits per heavy atom. The summed E-state index contributed by atoms with van der Waals surface area (Å²) in [7, 11) is -2.19. The number of nitrogens with two attached hydrogens (primary N) is 1. The number of aryl methyl sites for hydroxylation is 1. The quantitative estimate of drug-likeness (QED) is 0.822. The van der Waals surface area contributed by atoms with Gasteiger partial charge < -0.3 is 5.73 Å². The number of hydrogen-bond acceptors (Lipinski definition) is 4. The van der Waals surface area contributed by atoms with Crippen molar-refractivity contribution >= 4 is 32.9 Å². The van der Waals surface area contributed by atoms with Gasteiger partial charge in [0.1, 0.15) is 15.7 Å². The molecule has 0 saturated carbocycles. The molecule has 0 fully saturated rings. The first-order valence-corrected chi connectivity index (χ1v) is 7.29. The van der Waals surface area contributed by atoms with Crippen LogP contribution >= 0.6 is 12.2 Å². The van der Waals surface area contributed by atoms with Crippen LogP contribution in [-0.2, 0) is 17.1 Å². The summed E-state index contributed by atoms with van der Waals surface area (Å²) in [5.74, 6) is -0.609. The van der Waals surface area contributed by atoms with Crippen molar-refractivity contribution in [1.82, 2.24) is 9.78 Å². The highest BCUT2D eigenvalue weighted by Gasteiger charge is 2.17. The van der Waals surface area contributed by atoms with E-state index in [1.54, 1.807) is 7.05 Å². The van der Waals surface area contributed by atoms with E-state index in [1.807, 2.05) is 0 Å². The monoisotopic (exact) mass is 314 g/mol. The topological polar surface area (TPSA) is 90.0 Å². The molecule has 0 radical (unpaired) electrons. The number of aromatic nitrogens is 2. The van der Waals surface area contributed by atoms with Crippen molar-refractivity contribution in [3.05, 3.63) is 42.0 Å². The second kappa shape index (κ2) is 5.17. The van der Waals surface area contributed by atoms with Crippen LogP contribution in [0.2, 0.25) is 0 Å². The summed E-state index contributed by atoms with van der Waals surface area (Å²) in [6.45, 7) is 0. The first-order valence-electron chi connectivity index (χ1n) is 5.40. The fourth-order valence-corrected chi connectivity index (χ4v) is 2.72. The summed E-state index contributed by atoms with van der Waals surface area (Å²) in [5, 5.41) is 3.78. The summed E-state index contributed by atoms with van der Waals surface area (Å²) < 4.78 is 41.2. The number of hydrogen-bond donors (Lipinski definition) is 2. The van der Waals surface area contributed by atoms with Crippen LogP contribution in [0.1, 0.15) is 5.56 Å². The van der Waals surface area contributed by atoms with Crippen LogP contribution in [-0.4, -0.2) is 23.2 Å². The molecule has 0 bridgehead atoms. The predicted molar refractivity (Wildman–Crippen MR) is 76.3 cm³/mol. The number of anilines is 1. The molecule has 0 aliphatic rings. The van der Waals surface area contributed by atoms with E-state index in [-0.39, 0.29) is 21.1 Å². The van der Waals surface area contributed by atoms with E-state index in [1.165, 1.54) is 29.2 Å². The molecule has 1 aromatic heterocycles. The fourth-order valence-electron chi connectivity index (χ4n) is 1.53. The van der Waals surface area contributed by atoms with Crippen LogP contribution in [0, 0.1) is 5.82 Å². The van der Waals surface area contributed by atoms with Gasteiger partial charge in [-0.3, -0.25) is 9.40 Å². The Hall–Kier alpha value is -2.00. The van der Waals surface area contributed by atoms with Crippen LogP contribution in [0.3, 0.4) is 0 Å². The Kier molecular flexibility index (Phi) is 3.73. The lowest BCUT2D eigenvalue weighted by atomic mass is 10.2. The largest absolute Gasteiger partial charge is 0.389 e. The number of nitrogens with one attached hydrogen (secondary N) is 1. The zero-order chi connectivity index (χ0) is 14.9. The van der Waals surface area contributed by atoms with Crippen molar-refractivity contribution in [3.8, 4) is 0 Å². The predicted octanol–water partition coefficient (Wildman–Crippen LogP) is 0.994. The first-order chi connectivity index (χ1) is 9.29. The molecule has 1 aromatic carbocycles. The molecule has 9 heteroatoms. The molecule has 0 aliphatic carbocycles. The number of sulfonamides is 1. The molecule has 106 valence electrons. The average molecular weight is 314 g/mol. The zero-order valence-electron chi connectivity index (χ0n) is 10.4. The number of thiocarbonyl (C=S) groups is 1. The molecule has 2 rings (SSSR count). The second-order valence-electron chi connectivity index (χ2n) is 4.01. The SMILES string of the molecule is Cn1cc(S(=O)(=O)Nc2ccc(F)c(C(N)=S)c2)cn1. The maximum atomic E-state index is 13.4. The number of nitrogens with zero attached hydrogens (tertiary/aromatic N) is 2. The van der Waals surface area contributed by atoms with E-state index in [0.717, 1.165) is 6.07 Å². The van der Waals surface area contributed by atoms with Crippen molar-refractivity contribution in [2.24, 2.45) is 12.8 Å². The van der Waals surface area contributed by atoms with Crippen molar-refractivity contribution in [2.45, 2.75) is 4.90 Å². The minimum Gasteiger partial charge on any atom is -0.389 e. The summed E-state index contributed by atoms with van der Waals surface area (Å²) in [5.41, 5.74) is 5.51. The van der Waals surface area contributed by atoms with Crippen LogP contribution < -0.4 is 10.5 Å². The average Bonchev–Trinajstić information content (AvgIpc) is 2.78. The van der Waals surface area contributed by atoms with Gasteiger partial charge in [0.15, 0.2) is 0 Å². The van der Waals surface area contributed by atoms with E-state index in [0.29, 0.717) is 0 Å². The van der Waals surface area contributed by atoms with Gasteiger partial charge in [-0.15, -0.1) is 0 Å². The summed E-state index contributed by atoms with van der Waals surface area (Å²) in [6.07, 6.45) is 2.56. The van der Waals surface area contributed by atoms with Gasteiger partial charge in [-0.2, -0.15) is 5.10 Å². The molecule has 2 aromatic rings. The van der Waals surface area contributed by atoms with Crippen LogP contribution in [0.25, 0.3) is 0 Å². The van der Waals surface area contributed by atoms with Gasteiger partial charge in [0.25, 0.3) is 10.0 Å². The molecule has 0 amide bonds. The molecule has 0 unspecified atom stereocenters. The first kappa shape index (κ1) is 14.4. The van der Waals surface area contributed by atoms with E-state index < -0.39 is 15.8 Å². The molecule has 0 saturated heterocycles. The molecule has 0 aliphatic heterocycles. The molecule has 20 heavy (non-hydrogen) atoms. The Bertz CT molecular complexity index is 770. The molecule has 6 nitrogen and oxygen atoms in total. The Labute approximate surface area is 120 Å². The van der Waals surface area contributed by atoms with Gasteiger partial charge in [-0.25, -0.2) is 12.8 Å². The Morgan fingerprint density at radius 1 is 1.50 bits per heavy atom. The molecular weight excluding hydrogens is 303 g/mol. The van der Waals surface area contributed by atoms with Crippen molar-refractivity contribution in [2.75, 3.05) is 4.72 Å². The van der Waals surface area contributed by atoms with Crippen molar-refractivity contribution < 1.29 is 12.8 Å². The smallest absolute Gasteiger partial charge is 0.265 e. The lowest BCUT2D eigenvalue weighted by Gasteiger charge is -2.08. The third-order valence-electron chi connectivity index (χ3n) is 2.48. The lowest BCUT2D eigenvalue weighted by molar-refractivity contribution is 0.600. The van der Waals surface area contributed by atoms with Crippen molar-refractivity contribution in [1.29, 1.82) is 0 Å². The molecule has 0 atom stereocenters. The second-order valence-corrected chi connectivity index (χ2v) is 6.14. The van der Waals surface area contributed by atoms with Crippen LogP contribution in [0.5, 0.6) is 0 Å². The number of rotatable bonds is 4.